The normalized spacial score (nSPS) is 15.8. The molecule has 4 rings (SSSR count). The molecule has 2 heterocycles. The molecule has 1 fully saturated rings. The Hall–Kier alpha value is -2.71. The van der Waals surface area contributed by atoms with Crippen LogP contribution in [-0.2, 0) is 21.2 Å². The van der Waals surface area contributed by atoms with Crippen LogP contribution in [0.5, 0.6) is 0 Å². The van der Waals surface area contributed by atoms with Gasteiger partial charge >= 0.3 is 0 Å². The fourth-order valence-corrected chi connectivity index (χ4v) is 5.54. The van der Waals surface area contributed by atoms with E-state index in [0.29, 0.717) is 32.5 Å². The molecule has 0 radical (unpaired) electrons. The van der Waals surface area contributed by atoms with Crippen LogP contribution in [0, 0.1) is 5.82 Å². The van der Waals surface area contributed by atoms with Crippen LogP contribution in [-0.4, -0.2) is 54.7 Å². The summed E-state index contributed by atoms with van der Waals surface area (Å²) in [6.07, 6.45) is 4.57. The predicted octanol–water partition coefficient (Wildman–Crippen LogP) is 3.55. The van der Waals surface area contributed by atoms with E-state index >= 15 is 0 Å². The van der Waals surface area contributed by atoms with Crippen LogP contribution >= 0.6 is 0 Å². The first-order chi connectivity index (χ1) is 14.9. The summed E-state index contributed by atoms with van der Waals surface area (Å²) in [6.45, 7) is 1.50. The lowest BCUT2D eigenvalue weighted by atomic mass is 10.1. The summed E-state index contributed by atoms with van der Waals surface area (Å²) >= 11 is 0. The van der Waals surface area contributed by atoms with Gasteiger partial charge in [0.1, 0.15) is 5.82 Å². The van der Waals surface area contributed by atoms with E-state index in [4.69, 9.17) is 0 Å². The van der Waals surface area contributed by atoms with Gasteiger partial charge in [0.15, 0.2) is 0 Å². The Morgan fingerprint density at radius 3 is 2.58 bits per heavy atom. The number of hydrogen-bond acceptors (Lipinski definition) is 3. The molecule has 0 saturated carbocycles. The van der Waals surface area contributed by atoms with Crippen molar-refractivity contribution >= 4 is 26.8 Å². The van der Waals surface area contributed by atoms with Gasteiger partial charge in [0, 0.05) is 49.7 Å². The highest BCUT2D eigenvalue weighted by Crippen LogP contribution is 2.21. The largest absolute Gasteiger partial charge is 0.361 e. The van der Waals surface area contributed by atoms with Gasteiger partial charge in [0.2, 0.25) is 15.9 Å². The van der Waals surface area contributed by atoms with Crippen molar-refractivity contribution in [2.75, 3.05) is 26.2 Å². The number of halogens is 1. The maximum absolute atomic E-state index is 13.1. The quantitative estimate of drug-likeness (QED) is 0.633. The lowest BCUT2D eigenvalue weighted by molar-refractivity contribution is -0.131. The molecule has 0 atom stereocenters. The average Bonchev–Trinajstić information content (AvgIpc) is 3.00. The third kappa shape index (κ3) is 4.80. The highest BCUT2D eigenvalue weighted by molar-refractivity contribution is 7.89. The monoisotopic (exact) mass is 443 g/mol. The van der Waals surface area contributed by atoms with E-state index in [1.54, 1.807) is 4.90 Å². The van der Waals surface area contributed by atoms with Gasteiger partial charge in [0.25, 0.3) is 0 Å². The molecular weight excluding hydrogens is 417 g/mol. The fraction of sp³-hybridized carbons (Fsp3) is 0.348. The summed E-state index contributed by atoms with van der Waals surface area (Å²) in [6, 6.07) is 13.0. The number of H-pyrrole nitrogens is 1. The van der Waals surface area contributed by atoms with E-state index in [0.717, 1.165) is 30.5 Å². The first kappa shape index (κ1) is 21.5. The van der Waals surface area contributed by atoms with Crippen molar-refractivity contribution in [1.82, 2.24) is 14.2 Å². The van der Waals surface area contributed by atoms with E-state index < -0.39 is 15.8 Å². The zero-order valence-corrected chi connectivity index (χ0v) is 18.1. The van der Waals surface area contributed by atoms with Crippen LogP contribution < -0.4 is 0 Å². The van der Waals surface area contributed by atoms with Gasteiger partial charge < -0.3 is 9.88 Å². The molecule has 0 aliphatic carbocycles. The molecule has 6 nitrogen and oxygen atoms in total. The number of sulfonamides is 1. The molecule has 1 amide bonds. The van der Waals surface area contributed by atoms with Crippen molar-refractivity contribution in [2.24, 2.45) is 0 Å². The number of aryl methyl sites for hydroxylation is 1. The second-order valence-electron chi connectivity index (χ2n) is 7.81. The summed E-state index contributed by atoms with van der Waals surface area (Å²) in [5.74, 6) is -0.417. The number of amides is 1. The number of hydrogen-bond donors (Lipinski definition) is 1. The number of benzene rings is 2. The maximum atomic E-state index is 13.1. The smallest absolute Gasteiger partial charge is 0.243 e. The molecule has 1 aliphatic heterocycles. The van der Waals surface area contributed by atoms with Crippen LogP contribution in [0.25, 0.3) is 10.9 Å². The number of nitrogens with one attached hydrogen (secondary N) is 1. The zero-order valence-electron chi connectivity index (χ0n) is 17.3. The Morgan fingerprint density at radius 2 is 1.77 bits per heavy atom. The van der Waals surface area contributed by atoms with Gasteiger partial charge in [-0.05, 0) is 55.2 Å². The Morgan fingerprint density at radius 1 is 1.00 bits per heavy atom. The summed E-state index contributed by atoms with van der Waals surface area (Å²) in [7, 11) is -3.69. The molecule has 1 saturated heterocycles. The average molecular weight is 444 g/mol. The zero-order chi connectivity index (χ0) is 21.8. The van der Waals surface area contributed by atoms with Crippen molar-refractivity contribution < 1.29 is 17.6 Å². The van der Waals surface area contributed by atoms with Crippen molar-refractivity contribution in [3.05, 3.63) is 66.1 Å². The molecule has 1 N–H and O–H groups in total. The highest BCUT2D eigenvalue weighted by Gasteiger charge is 2.28. The van der Waals surface area contributed by atoms with Gasteiger partial charge in [0.05, 0.1) is 4.90 Å². The van der Waals surface area contributed by atoms with E-state index in [2.05, 4.69) is 11.1 Å². The third-order valence-corrected chi connectivity index (χ3v) is 7.68. The number of carbonyl (C=O) groups excluding carboxylic acids is 1. The summed E-state index contributed by atoms with van der Waals surface area (Å²) in [5.41, 5.74) is 2.30. The number of aromatic amines is 1. The van der Waals surface area contributed by atoms with E-state index in [1.165, 1.54) is 27.4 Å². The number of carbonyl (C=O) groups is 1. The molecule has 31 heavy (non-hydrogen) atoms. The minimum absolute atomic E-state index is 0.0564. The Kier molecular flexibility index (Phi) is 6.38. The summed E-state index contributed by atoms with van der Waals surface area (Å²) in [4.78, 5) is 17.8. The lowest BCUT2D eigenvalue weighted by Crippen LogP contribution is -2.37. The van der Waals surface area contributed by atoms with Crippen LogP contribution in [0.3, 0.4) is 0 Å². The molecule has 164 valence electrons. The standard InChI is InChI=1S/C23H26FN3O3S/c24-19-9-11-20(12-10-19)31(29,30)27-14-4-13-26(15-16-27)23(28)8-3-5-18-17-25-22-7-2-1-6-21(18)22/h1-2,6-7,9-12,17,25H,3-5,8,13-16H2. The van der Waals surface area contributed by atoms with Gasteiger partial charge in [-0.1, -0.05) is 18.2 Å². The van der Waals surface area contributed by atoms with Gasteiger partial charge in [-0.15, -0.1) is 0 Å². The number of nitrogens with zero attached hydrogens (tertiary/aromatic N) is 2. The number of fused-ring (bicyclic) bond motifs is 1. The SMILES string of the molecule is O=C(CCCc1c[nH]c2ccccc12)N1CCCN(S(=O)(=O)c2ccc(F)cc2)CC1. The number of aromatic nitrogens is 1. The first-order valence-electron chi connectivity index (χ1n) is 10.5. The second-order valence-corrected chi connectivity index (χ2v) is 9.74. The Balaban J connectivity index is 1.32. The van der Waals surface area contributed by atoms with E-state index in [1.807, 2.05) is 24.4 Å². The fourth-order valence-electron chi connectivity index (χ4n) is 4.07. The summed E-state index contributed by atoms with van der Waals surface area (Å²) in [5, 5.41) is 1.19. The molecule has 0 spiro atoms. The minimum Gasteiger partial charge on any atom is -0.361 e. The third-order valence-electron chi connectivity index (χ3n) is 5.77. The van der Waals surface area contributed by atoms with Gasteiger partial charge in [-0.25, -0.2) is 12.8 Å². The number of para-hydroxylation sites is 1. The van der Waals surface area contributed by atoms with E-state index in [9.17, 15) is 17.6 Å². The Bertz CT molecular complexity index is 1160. The van der Waals surface area contributed by atoms with Crippen molar-refractivity contribution in [2.45, 2.75) is 30.6 Å². The maximum Gasteiger partial charge on any atom is 0.243 e. The first-order valence-corrected chi connectivity index (χ1v) is 12.0. The number of rotatable bonds is 6. The minimum atomic E-state index is -3.69. The van der Waals surface area contributed by atoms with Crippen LogP contribution in [0.4, 0.5) is 4.39 Å². The lowest BCUT2D eigenvalue weighted by Gasteiger charge is -2.22. The van der Waals surface area contributed by atoms with Crippen LogP contribution in [0.2, 0.25) is 0 Å². The molecule has 8 heteroatoms. The van der Waals surface area contributed by atoms with Gasteiger partial charge in [-0.2, -0.15) is 4.31 Å². The molecule has 0 bridgehead atoms. The molecule has 0 unspecified atom stereocenters. The molecular formula is C23H26FN3O3S. The van der Waals surface area contributed by atoms with Crippen molar-refractivity contribution in [3.8, 4) is 0 Å². The van der Waals surface area contributed by atoms with Crippen LogP contribution in [0.1, 0.15) is 24.8 Å². The second kappa shape index (κ2) is 9.20. The molecule has 3 aromatic rings. The Labute approximate surface area is 181 Å². The summed E-state index contributed by atoms with van der Waals surface area (Å²) < 4.78 is 40.2. The van der Waals surface area contributed by atoms with E-state index in [-0.39, 0.29) is 17.3 Å². The molecule has 1 aromatic heterocycles. The molecule has 2 aromatic carbocycles. The predicted molar refractivity (Wildman–Crippen MR) is 118 cm³/mol. The topological polar surface area (TPSA) is 73.5 Å². The van der Waals surface area contributed by atoms with Crippen LogP contribution in [0.15, 0.2) is 59.6 Å². The van der Waals surface area contributed by atoms with Gasteiger partial charge in [-0.3, -0.25) is 4.79 Å². The highest BCUT2D eigenvalue weighted by atomic mass is 32.2. The van der Waals surface area contributed by atoms with Crippen molar-refractivity contribution in [3.63, 3.8) is 0 Å². The molecule has 1 aliphatic rings. The van der Waals surface area contributed by atoms with Crippen molar-refractivity contribution in [1.29, 1.82) is 0 Å².